The van der Waals surface area contributed by atoms with Gasteiger partial charge in [-0.25, -0.2) is 9.37 Å². The molecule has 1 amide bonds. The molecule has 4 rings (SSSR count). The predicted octanol–water partition coefficient (Wildman–Crippen LogP) is 2.99. The number of piperazine rings is 1. The molecule has 1 aromatic heterocycles. The van der Waals surface area contributed by atoms with Gasteiger partial charge in [-0.2, -0.15) is 0 Å². The zero-order valence-corrected chi connectivity index (χ0v) is 16.4. The van der Waals surface area contributed by atoms with Crippen molar-refractivity contribution in [3.8, 4) is 0 Å². The number of likely N-dealkylation sites (tertiary alicyclic amines) is 1. The number of carbonyl (C=O) groups excluding carboxylic acids is 1. The van der Waals surface area contributed by atoms with Gasteiger partial charge in [-0.05, 0) is 49.7 Å². The molecule has 0 radical (unpaired) electrons. The van der Waals surface area contributed by atoms with Gasteiger partial charge in [-0.1, -0.05) is 18.2 Å². The number of carbonyl (C=O) groups is 1. The van der Waals surface area contributed by atoms with Crippen molar-refractivity contribution < 1.29 is 9.18 Å². The normalized spacial score (nSPS) is 21.0. The molecule has 0 N–H and O–H groups in total. The monoisotopic (exact) mass is 382 g/mol. The van der Waals surface area contributed by atoms with Crippen LogP contribution in [0, 0.1) is 5.82 Å². The lowest BCUT2D eigenvalue weighted by Crippen LogP contribution is -2.45. The highest BCUT2D eigenvalue weighted by Crippen LogP contribution is 2.28. The fraction of sp³-hybridized carbons (Fsp3) is 0.455. The zero-order chi connectivity index (χ0) is 19.5. The van der Waals surface area contributed by atoms with Gasteiger partial charge in [0.15, 0.2) is 0 Å². The minimum Gasteiger partial charge on any atom is -0.354 e. The van der Waals surface area contributed by atoms with E-state index in [-0.39, 0.29) is 17.6 Å². The Morgan fingerprint density at radius 1 is 1.07 bits per heavy atom. The molecule has 0 aliphatic carbocycles. The Balaban J connectivity index is 1.47. The smallest absolute Gasteiger partial charge is 0.272 e. The molecule has 2 aliphatic heterocycles. The molecular weight excluding hydrogens is 355 g/mol. The number of amides is 1. The molecule has 3 heterocycles. The van der Waals surface area contributed by atoms with E-state index in [1.165, 1.54) is 6.07 Å². The minimum absolute atomic E-state index is 0.0305. The van der Waals surface area contributed by atoms with Crippen molar-refractivity contribution in [2.75, 3.05) is 51.2 Å². The number of nitrogens with zero attached hydrogens (tertiary/aromatic N) is 4. The third kappa shape index (κ3) is 4.17. The summed E-state index contributed by atoms with van der Waals surface area (Å²) in [6.07, 6.45) is 1.90. The van der Waals surface area contributed by atoms with E-state index in [0.29, 0.717) is 12.2 Å². The first-order valence-electron chi connectivity index (χ1n) is 10.1. The molecule has 0 bridgehead atoms. The Bertz CT molecular complexity index is 835. The van der Waals surface area contributed by atoms with E-state index < -0.39 is 0 Å². The molecule has 28 heavy (non-hydrogen) atoms. The standard InChI is InChI=1S/C22H27FN4O/c1-25-11-13-26(14-12-25)21-9-3-8-20(24-21)22(28)27-10-4-6-18(16-27)17-5-2-7-19(23)15-17/h2-3,5,7-9,15,18H,4,6,10-14,16H2,1H3. The molecule has 2 fully saturated rings. The van der Waals surface area contributed by atoms with Gasteiger partial charge < -0.3 is 14.7 Å². The fourth-order valence-electron chi connectivity index (χ4n) is 4.11. The molecule has 148 valence electrons. The largest absolute Gasteiger partial charge is 0.354 e. The van der Waals surface area contributed by atoms with Crippen LogP contribution in [0.25, 0.3) is 0 Å². The molecule has 0 spiro atoms. The maximum atomic E-state index is 13.6. The Morgan fingerprint density at radius 3 is 2.64 bits per heavy atom. The van der Waals surface area contributed by atoms with E-state index in [2.05, 4.69) is 21.8 Å². The Labute approximate surface area is 165 Å². The number of benzene rings is 1. The number of halogens is 1. The molecular formula is C22H27FN4O. The lowest BCUT2D eigenvalue weighted by atomic mass is 9.90. The van der Waals surface area contributed by atoms with Gasteiger partial charge in [0.25, 0.3) is 5.91 Å². The lowest BCUT2D eigenvalue weighted by Gasteiger charge is -2.34. The van der Waals surface area contributed by atoms with Crippen molar-refractivity contribution in [1.29, 1.82) is 0 Å². The van der Waals surface area contributed by atoms with Crippen LogP contribution in [-0.4, -0.2) is 67.0 Å². The van der Waals surface area contributed by atoms with Gasteiger partial charge in [-0.3, -0.25) is 4.79 Å². The Morgan fingerprint density at radius 2 is 1.86 bits per heavy atom. The number of anilines is 1. The number of likely N-dealkylation sites (N-methyl/N-ethyl adjacent to an activating group) is 1. The molecule has 2 aromatic rings. The van der Waals surface area contributed by atoms with E-state index in [1.807, 2.05) is 23.1 Å². The van der Waals surface area contributed by atoms with Gasteiger partial charge in [0.1, 0.15) is 17.3 Å². The third-order valence-electron chi connectivity index (χ3n) is 5.81. The minimum atomic E-state index is -0.220. The van der Waals surface area contributed by atoms with Crippen molar-refractivity contribution in [1.82, 2.24) is 14.8 Å². The summed E-state index contributed by atoms with van der Waals surface area (Å²) in [7, 11) is 2.12. The molecule has 5 nitrogen and oxygen atoms in total. The highest BCUT2D eigenvalue weighted by molar-refractivity contribution is 5.92. The highest BCUT2D eigenvalue weighted by Gasteiger charge is 2.27. The Kier molecular flexibility index (Phi) is 5.57. The molecule has 6 heteroatoms. The van der Waals surface area contributed by atoms with Crippen LogP contribution < -0.4 is 4.90 Å². The van der Waals surface area contributed by atoms with Gasteiger partial charge in [0.2, 0.25) is 0 Å². The number of rotatable bonds is 3. The third-order valence-corrected chi connectivity index (χ3v) is 5.81. The number of hydrogen-bond acceptors (Lipinski definition) is 4. The Hall–Kier alpha value is -2.47. The second-order valence-electron chi connectivity index (χ2n) is 7.82. The molecule has 2 aliphatic rings. The van der Waals surface area contributed by atoms with Gasteiger partial charge >= 0.3 is 0 Å². The summed E-state index contributed by atoms with van der Waals surface area (Å²) < 4.78 is 13.6. The zero-order valence-electron chi connectivity index (χ0n) is 16.4. The summed E-state index contributed by atoms with van der Waals surface area (Å²) >= 11 is 0. The van der Waals surface area contributed by atoms with Crippen molar-refractivity contribution in [3.63, 3.8) is 0 Å². The van der Waals surface area contributed by atoms with E-state index in [0.717, 1.165) is 56.9 Å². The first kappa shape index (κ1) is 18.9. The average molecular weight is 382 g/mol. The number of aromatic nitrogens is 1. The predicted molar refractivity (Wildman–Crippen MR) is 108 cm³/mol. The number of hydrogen-bond donors (Lipinski definition) is 0. The van der Waals surface area contributed by atoms with Crippen LogP contribution in [0.5, 0.6) is 0 Å². The van der Waals surface area contributed by atoms with E-state index in [4.69, 9.17) is 0 Å². The fourth-order valence-corrected chi connectivity index (χ4v) is 4.11. The molecule has 2 saturated heterocycles. The number of pyridine rings is 1. The average Bonchev–Trinajstić information content (AvgIpc) is 2.74. The molecule has 0 saturated carbocycles. The molecule has 1 atom stereocenters. The van der Waals surface area contributed by atoms with Gasteiger partial charge in [0.05, 0.1) is 0 Å². The second kappa shape index (κ2) is 8.27. The summed E-state index contributed by atoms with van der Waals surface area (Å²) in [4.78, 5) is 24.2. The van der Waals surface area contributed by atoms with E-state index in [1.54, 1.807) is 18.2 Å². The summed E-state index contributed by atoms with van der Waals surface area (Å²) in [6, 6.07) is 12.4. The summed E-state index contributed by atoms with van der Waals surface area (Å²) in [5.74, 6) is 0.798. The first-order valence-corrected chi connectivity index (χ1v) is 10.1. The summed E-state index contributed by atoms with van der Waals surface area (Å²) in [6.45, 7) is 5.19. The van der Waals surface area contributed by atoms with Crippen LogP contribution in [0.15, 0.2) is 42.5 Å². The summed E-state index contributed by atoms with van der Waals surface area (Å²) in [5, 5.41) is 0. The summed E-state index contributed by atoms with van der Waals surface area (Å²) in [5.41, 5.74) is 1.47. The van der Waals surface area contributed by atoms with Crippen LogP contribution in [0.3, 0.4) is 0 Å². The maximum absolute atomic E-state index is 13.6. The van der Waals surface area contributed by atoms with Crippen molar-refractivity contribution in [2.45, 2.75) is 18.8 Å². The van der Waals surface area contributed by atoms with Gasteiger partial charge in [0, 0.05) is 45.2 Å². The van der Waals surface area contributed by atoms with Crippen molar-refractivity contribution in [3.05, 3.63) is 59.5 Å². The maximum Gasteiger partial charge on any atom is 0.272 e. The second-order valence-corrected chi connectivity index (χ2v) is 7.82. The highest BCUT2D eigenvalue weighted by atomic mass is 19.1. The number of piperidine rings is 1. The molecule has 1 aromatic carbocycles. The van der Waals surface area contributed by atoms with Crippen LogP contribution in [0.2, 0.25) is 0 Å². The lowest BCUT2D eigenvalue weighted by molar-refractivity contribution is 0.0701. The topological polar surface area (TPSA) is 39.7 Å². The molecule has 1 unspecified atom stereocenters. The van der Waals surface area contributed by atoms with Crippen molar-refractivity contribution in [2.24, 2.45) is 0 Å². The SMILES string of the molecule is CN1CCN(c2cccc(C(=O)N3CCCC(c4cccc(F)c4)C3)n2)CC1. The van der Waals surface area contributed by atoms with Gasteiger partial charge in [-0.15, -0.1) is 0 Å². The van der Waals surface area contributed by atoms with Crippen LogP contribution in [0.1, 0.15) is 34.8 Å². The van der Waals surface area contributed by atoms with Crippen LogP contribution in [-0.2, 0) is 0 Å². The first-order chi connectivity index (χ1) is 13.6. The van der Waals surface area contributed by atoms with Crippen molar-refractivity contribution >= 4 is 11.7 Å². The van der Waals surface area contributed by atoms with Crippen LogP contribution >= 0.6 is 0 Å². The van der Waals surface area contributed by atoms with Crippen LogP contribution in [0.4, 0.5) is 10.2 Å². The quantitative estimate of drug-likeness (QED) is 0.818. The van der Waals surface area contributed by atoms with E-state index in [9.17, 15) is 9.18 Å². The van der Waals surface area contributed by atoms with E-state index >= 15 is 0 Å².